The molecule has 0 fully saturated rings. The van der Waals surface area contributed by atoms with Gasteiger partial charge in [-0.1, -0.05) is 54.6 Å². The van der Waals surface area contributed by atoms with E-state index < -0.39 is 15.4 Å². The lowest BCUT2D eigenvalue weighted by Gasteiger charge is -2.08. The third-order valence-electron chi connectivity index (χ3n) is 3.65. The van der Waals surface area contributed by atoms with Crippen molar-refractivity contribution in [2.75, 3.05) is 0 Å². The lowest BCUT2D eigenvalue weighted by molar-refractivity contribution is 0.464. The fourth-order valence-corrected chi connectivity index (χ4v) is 2.70. The van der Waals surface area contributed by atoms with Gasteiger partial charge in [-0.05, 0) is 42.9 Å². The minimum absolute atomic E-state index is 0.471. The number of hydrogen-bond acceptors (Lipinski definition) is 2. The van der Waals surface area contributed by atoms with Gasteiger partial charge in [0.1, 0.15) is 0 Å². The van der Waals surface area contributed by atoms with Crippen molar-refractivity contribution in [1.82, 2.24) is 0 Å². The van der Waals surface area contributed by atoms with Crippen molar-refractivity contribution < 1.29 is 13.0 Å². The van der Waals surface area contributed by atoms with E-state index in [9.17, 15) is 8.42 Å². The minimum atomic E-state index is -3.90. The van der Waals surface area contributed by atoms with Gasteiger partial charge in [-0.25, -0.2) is 0 Å². The molecule has 0 heterocycles. The summed E-state index contributed by atoms with van der Waals surface area (Å²) in [6, 6.07) is 18.5. The number of benzene rings is 2. The van der Waals surface area contributed by atoms with Crippen LogP contribution in [0.1, 0.15) is 25.3 Å². The normalized spacial score (nSPS) is 13.0. The largest absolute Gasteiger partial charge is 0.285 e. The van der Waals surface area contributed by atoms with Crippen LogP contribution in [0.25, 0.3) is 11.1 Å². The molecular weight excluding hydrogens is 284 g/mol. The summed E-state index contributed by atoms with van der Waals surface area (Å²) in [7, 11) is -3.90. The summed E-state index contributed by atoms with van der Waals surface area (Å²) in [6.07, 6.45) is 2.03. The van der Waals surface area contributed by atoms with Gasteiger partial charge in [0.25, 0.3) is 10.1 Å². The molecule has 1 N–H and O–H groups in total. The summed E-state index contributed by atoms with van der Waals surface area (Å²) in [4.78, 5) is 0. The summed E-state index contributed by atoms with van der Waals surface area (Å²) in [5, 5.41) is -0.693. The zero-order valence-electron chi connectivity index (χ0n) is 12.1. The van der Waals surface area contributed by atoms with Gasteiger partial charge in [-0.15, -0.1) is 0 Å². The molecule has 1 unspecified atom stereocenters. The Kier molecular flexibility index (Phi) is 5.15. The molecule has 0 saturated carbocycles. The zero-order valence-corrected chi connectivity index (χ0v) is 12.9. The van der Waals surface area contributed by atoms with Crippen LogP contribution in [-0.2, 0) is 16.5 Å². The van der Waals surface area contributed by atoms with Crippen molar-refractivity contribution in [2.24, 2.45) is 0 Å². The highest BCUT2D eigenvalue weighted by molar-refractivity contribution is 7.86. The van der Waals surface area contributed by atoms with E-state index in [0.717, 1.165) is 12.8 Å². The molecular formula is C17H20O3S. The molecule has 1 atom stereocenters. The molecule has 0 amide bonds. The Morgan fingerprint density at radius 1 is 0.952 bits per heavy atom. The third kappa shape index (κ3) is 4.69. The van der Waals surface area contributed by atoms with E-state index in [1.165, 1.54) is 23.6 Å². The Morgan fingerprint density at radius 2 is 1.52 bits per heavy atom. The maximum Gasteiger partial charge on any atom is 0.267 e. The molecule has 0 aliphatic carbocycles. The molecule has 0 aliphatic heterocycles. The Morgan fingerprint density at radius 3 is 2.10 bits per heavy atom. The van der Waals surface area contributed by atoms with E-state index >= 15 is 0 Å². The summed E-state index contributed by atoms with van der Waals surface area (Å²) < 4.78 is 30.8. The Hall–Kier alpha value is -1.65. The number of rotatable bonds is 6. The molecule has 0 spiro atoms. The molecule has 0 radical (unpaired) electrons. The molecule has 2 aromatic rings. The molecule has 0 saturated heterocycles. The van der Waals surface area contributed by atoms with Gasteiger partial charge in [0.15, 0.2) is 0 Å². The second-order valence-corrected chi connectivity index (χ2v) is 7.12. The summed E-state index contributed by atoms with van der Waals surface area (Å²) in [6.45, 7) is 1.54. The van der Waals surface area contributed by atoms with Crippen molar-refractivity contribution in [3.05, 3.63) is 60.2 Å². The minimum Gasteiger partial charge on any atom is -0.285 e. The lowest BCUT2D eigenvalue weighted by atomic mass is 10.0. The van der Waals surface area contributed by atoms with Gasteiger partial charge in [-0.2, -0.15) is 8.42 Å². The highest BCUT2D eigenvalue weighted by Gasteiger charge is 2.16. The van der Waals surface area contributed by atoms with Crippen molar-refractivity contribution in [3.63, 3.8) is 0 Å². The smallest absolute Gasteiger partial charge is 0.267 e. The van der Waals surface area contributed by atoms with Crippen LogP contribution in [-0.4, -0.2) is 18.2 Å². The molecule has 2 rings (SSSR count). The van der Waals surface area contributed by atoms with Crippen LogP contribution in [0.5, 0.6) is 0 Å². The van der Waals surface area contributed by atoms with Gasteiger partial charge in [0.2, 0.25) is 0 Å². The van der Waals surface area contributed by atoms with Crippen molar-refractivity contribution in [2.45, 2.75) is 31.4 Å². The van der Waals surface area contributed by atoms with Gasteiger partial charge in [0, 0.05) is 0 Å². The molecule has 112 valence electrons. The number of hydrogen-bond donors (Lipinski definition) is 1. The predicted molar refractivity (Wildman–Crippen MR) is 85.8 cm³/mol. The van der Waals surface area contributed by atoms with E-state index in [0.29, 0.717) is 6.42 Å². The van der Waals surface area contributed by atoms with Crippen LogP contribution >= 0.6 is 0 Å². The quantitative estimate of drug-likeness (QED) is 0.822. The van der Waals surface area contributed by atoms with E-state index in [2.05, 4.69) is 36.4 Å². The average Bonchev–Trinajstić information content (AvgIpc) is 2.48. The van der Waals surface area contributed by atoms with Gasteiger partial charge in [-0.3, -0.25) is 4.55 Å². The standard InChI is InChI=1S/C17H20O3S/c1-14(21(18,19)20)6-5-7-15-10-12-17(13-11-15)16-8-3-2-4-9-16/h2-4,8-14H,5-7H2,1H3,(H,18,19,20). The molecule has 0 bridgehead atoms. The van der Waals surface area contributed by atoms with E-state index in [-0.39, 0.29) is 0 Å². The van der Waals surface area contributed by atoms with Crippen LogP contribution in [0, 0.1) is 0 Å². The van der Waals surface area contributed by atoms with E-state index in [4.69, 9.17) is 4.55 Å². The first kappa shape index (κ1) is 15.7. The summed E-state index contributed by atoms with van der Waals surface area (Å²) >= 11 is 0. The second kappa shape index (κ2) is 6.87. The maximum atomic E-state index is 10.9. The summed E-state index contributed by atoms with van der Waals surface area (Å²) in [5.74, 6) is 0. The molecule has 2 aromatic carbocycles. The molecule has 4 heteroatoms. The molecule has 21 heavy (non-hydrogen) atoms. The van der Waals surface area contributed by atoms with Crippen LogP contribution in [0.15, 0.2) is 54.6 Å². The molecule has 0 aliphatic rings. The SMILES string of the molecule is CC(CCCc1ccc(-c2ccccc2)cc1)S(=O)(=O)O. The van der Waals surface area contributed by atoms with E-state index in [1.54, 1.807) is 0 Å². The Labute approximate surface area is 126 Å². The highest BCUT2D eigenvalue weighted by atomic mass is 32.2. The fourth-order valence-electron chi connectivity index (χ4n) is 2.24. The Balaban J connectivity index is 1.92. The topological polar surface area (TPSA) is 54.4 Å². The van der Waals surface area contributed by atoms with Crippen LogP contribution < -0.4 is 0 Å². The number of aryl methyl sites for hydroxylation is 1. The first-order valence-electron chi connectivity index (χ1n) is 7.07. The lowest BCUT2D eigenvalue weighted by Crippen LogP contribution is -2.16. The predicted octanol–water partition coefficient (Wildman–Crippen LogP) is 3.95. The fraction of sp³-hybridized carbons (Fsp3) is 0.294. The van der Waals surface area contributed by atoms with Crippen LogP contribution in [0.2, 0.25) is 0 Å². The van der Waals surface area contributed by atoms with Crippen LogP contribution in [0.4, 0.5) is 0 Å². The van der Waals surface area contributed by atoms with E-state index in [1.807, 2.05) is 18.2 Å². The maximum absolute atomic E-state index is 10.9. The third-order valence-corrected chi connectivity index (χ3v) is 4.90. The summed E-state index contributed by atoms with van der Waals surface area (Å²) in [5.41, 5.74) is 3.53. The van der Waals surface area contributed by atoms with Gasteiger partial charge >= 0.3 is 0 Å². The van der Waals surface area contributed by atoms with Crippen molar-refractivity contribution in [3.8, 4) is 11.1 Å². The van der Waals surface area contributed by atoms with Crippen molar-refractivity contribution in [1.29, 1.82) is 0 Å². The monoisotopic (exact) mass is 304 g/mol. The first-order valence-corrected chi connectivity index (χ1v) is 8.58. The average molecular weight is 304 g/mol. The van der Waals surface area contributed by atoms with Gasteiger partial charge < -0.3 is 0 Å². The zero-order chi connectivity index (χ0) is 15.3. The van der Waals surface area contributed by atoms with Gasteiger partial charge in [0.05, 0.1) is 5.25 Å². The van der Waals surface area contributed by atoms with Crippen LogP contribution in [0.3, 0.4) is 0 Å². The first-order chi connectivity index (χ1) is 9.97. The van der Waals surface area contributed by atoms with Crippen molar-refractivity contribution >= 4 is 10.1 Å². The molecule has 3 nitrogen and oxygen atoms in total. The second-order valence-electron chi connectivity index (χ2n) is 5.28. The molecule has 0 aromatic heterocycles. The Bertz CT molecular complexity index is 661. The highest BCUT2D eigenvalue weighted by Crippen LogP contribution is 2.20.